The lowest BCUT2D eigenvalue weighted by Gasteiger charge is -2.55. The van der Waals surface area contributed by atoms with E-state index in [1.54, 1.807) is 0 Å². The highest BCUT2D eigenvalue weighted by Gasteiger charge is 2.54. The molecule has 4 fully saturated rings. The van der Waals surface area contributed by atoms with E-state index in [4.69, 9.17) is 10.3 Å². The number of nitrogens with one attached hydrogen (secondary N) is 1. The first-order valence-corrected chi connectivity index (χ1v) is 7.03. The summed E-state index contributed by atoms with van der Waals surface area (Å²) in [4.78, 5) is 11.4. The van der Waals surface area contributed by atoms with Gasteiger partial charge in [0.2, 0.25) is 5.89 Å². The summed E-state index contributed by atoms with van der Waals surface area (Å²) in [5.41, 5.74) is 2.07. The quantitative estimate of drug-likeness (QED) is 0.473. The molecule has 0 aliphatic heterocycles. The number of nitrogens with zero attached hydrogens (tertiary/aromatic N) is 2. The van der Waals surface area contributed by atoms with Crippen molar-refractivity contribution in [3.05, 3.63) is 11.8 Å². The van der Waals surface area contributed by atoms with Gasteiger partial charge in [-0.2, -0.15) is 0 Å². The second kappa shape index (κ2) is 3.79. The number of hydrazine groups is 1. The van der Waals surface area contributed by atoms with E-state index < -0.39 is 5.91 Å². The van der Waals surface area contributed by atoms with E-state index in [9.17, 15) is 4.79 Å². The van der Waals surface area contributed by atoms with Crippen LogP contribution in [0.4, 0.5) is 0 Å². The Morgan fingerprint density at radius 2 is 1.74 bits per heavy atom. The Morgan fingerprint density at radius 3 is 2.26 bits per heavy atom. The van der Waals surface area contributed by atoms with Gasteiger partial charge in [-0.05, 0) is 56.3 Å². The van der Waals surface area contributed by atoms with E-state index in [1.807, 2.05) is 5.43 Å². The highest BCUT2D eigenvalue weighted by atomic mass is 16.4. The van der Waals surface area contributed by atoms with E-state index in [1.165, 1.54) is 19.3 Å². The van der Waals surface area contributed by atoms with Crippen molar-refractivity contribution in [1.29, 1.82) is 0 Å². The summed E-state index contributed by atoms with van der Waals surface area (Å²) in [6.07, 6.45) is 7.53. The standard InChI is InChI=1S/C13H18N4O2/c14-15-10(18)11-16-17-12(19-11)13-4-7-1-8(5-13)3-9(2-7)6-13/h7-9H,1-6,14H2,(H,15,18). The average molecular weight is 262 g/mol. The van der Waals surface area contributed by atoms with Crippen molar-refractivity contribution in [1.82, 2.24) is 15.6 Å². The molecule has 6 nitrogen and oxygen atoms in total. The number of nitrogens with two attached hydrogens (primary N) is 1. The number of hydrogen-bond acceptors (Lipinski definition) is 5. The summed E-state index contributed by atoms with van der Waals surface area (Å²) in [5.74, 6) is 7.65. The van der Waals surface area contributed by atoms with Crippen molar-refractivity contribution >= 4 is 5.91 Å². The van der Waals surface area contributed by atoms with Crippen LogP contribution in [0.25, 0.3) is 0 Å². The van der Waals surface area contributed by atoms with Crippen LogP contribution in [-0.4, -0.2) is 16.1 Å². The second-order valence-corrected chi connectivity index (χ2v) is 6.58. The van der Waals surface area contributed by atoms with Crippen LogP contribution in [0.5, 0.6) is 0 Å². The fourth-order valence-corrected chi connectivity index (χ4v) is 4.96. The van der Waals surface area contributed by atoms with Gasteiger partial charge in [0.1, 0.15) is 0 Å². The maximum absolute atomic E-state index is 11.4. The molecular formula is C13H18N4O2. The minimum atomic E-state index is -0.511. The Bertz CT molecular complexity index is 489. The molecule has 1 heterocycles. The molecule has 0 spiro atoms. The zero-order valence-corrected chi connectivity index (χ0v) is 10.8. The lowest BCUT2D eigenvalue weighted by atomic mass is 9.49. The molecule has 0 saturated heterocycles. The maximum atomic E-state index is 11.4. The molecule has 1 amide bonds. The van der Waals surface area contributed by atoms with Crippen molar-refractivity contribution in [3.63, 3.8) is 0 Å². The summed E-state index contributed by atoms with van der Waals surface area (Å²) in [7, 11) is 0. The Hall–Kier alpha value is -1.43. The molecule has 4 bridgehead atoms. The third-order valence-corrected chi connectivity index (χ3v) is 5.24. The molecule has 0 aromatic carbocycles. The van der Waals surface area contributed by atoms with Crippen molar-refractivity contribution in [2.75, 3.05) is 0 Å². The number of amides is 1. The maximum Gasteiger partial charge on any atom is 0.322 e. The lowest BCUT2D eigenvalue weighted by Crippen LogP contribution is -2.48. The van der Waals surface area contributed by atoms with Crippen molar-refractivity contribution in [2.45, 2.75) is 43.9 Å². The number of aromatic nitrogens is 2. The first-order valence-electron chi connectivity index (χ1n) is 7.03. The average Bonchev–Trinajstić information content (AvgIpc) is 2.86. The first kappa shape index (κ1) is 11.4. The Morgan fingerprint density at radius 1 is 1.16 bits per heavy atom. The van der Waals surface area contributed by atoms with Gasteiger partial charge in [-0.15, -0.1) is 10.2 Å². The van der Waals surface area contributed by atoms with Crippen LogP contribution in [0.15, 0.2) is 4.42 Å². The summed E-state index contributed by atoms with van der Waals surface area (Å²) in [6.45, 7) is 0. The molecule has 5 rings (SSSR count). The van der Waals surface area contributed by atoms with Gasteiger partial charge in [0.15, 0.2) is 0 Å². The number of carbonyl (C=O) groups is 1. The van der Waals surface area contributed by atoms with Crippen molar-refractivity contribution < 1.29 is 9.21 Å². The Kier molecular flexibility index (Phi) is 2.27. The minimum absolute atomic E-state index is 0.0201. The molecule has 102 valence electrons. The number of nitrogen functional groups attached to an aromatic ring is 1. The fourth-order valence-electron chi connectivity index (χ4n) is 4.96. The predicted octanol–water partition coefficient (Wildman–Crippen LogP) is 1.14. The van der Waals surface area contributed by atoms with Crippen LogP contribution >= 0.6 is 0 Å². The fraction of sp³-hybridized carbons (Fsp3) is 0.769. The molecule has 1 aromatic heterocycles. The van der Waals surface area contributed by atoms with Crippen LogP contribution in [0, 0.1) is 17.8 Å². The lowest BCUT2D eigenvalue weighted by molar-refractivity contribution is -0.0181. The Labute approximate surface area is 111 Å². The first-order chi connectivity index (χ1) is 9.18. The van der Waals surface area contributed by atoms with E-state index >= 15 is 0 Å². The molecule has 19 heavy (non-hydrogen) atoms. The van der Waals surface area contributed by atoms with Gasteiger partial charge in [0, 0.05) is 5.41 Å². The Balaban J connectivity index is 1.68. The zero-order valence-electron chi connectivity index (χ0n) is 10.8. The predicted molar refractivity (Wildman–Crippen MR) is 65.8 cm³/mol. The largest absolute Gasteiger partial charge is 0.416 e. The molecular weight excluding hydrogens is 244 g/mol. The smallest absolute Gasteiger partial charge is 0.322 e. The van der Waals surface area contributed by atoms with E-state index in [0.29, 0.717) is 5.89 Å². The van der Waals surface area contributed by atoms with Crippen molar-refractivity contribution in [3.8, 4) is 0 Å². The van der Waals surface area contributed by atoms with Crippen LogP contribution in [0.1, 0.15) is 55.1 Å². The van der Waals surface area contributed by atoms with Crippen LogP contribution in [-0.2, 0) is 5.41 Å². The summed E-state index contributed by atoms with van der Waals surface area (Å²) < 4.78 is 5.61. The van der Waals surface area contributed by atoms with Crippen LogP contribution in [0.2, 0.25) is 0 Å². The highest BCUT2D eigenvalue weighted by Crippen LogP contribution is 2.60. The van der Waals surface area contributed by atoms with Gasteiger partial charge in [0.25, 0.3) is 0 Å². The SMILES string of the molecule is NNC(=O)c1nnc(C23CC4CC(CC(C4)C2)C3)o1. The summed E-state index contributed by atoms with van der Waals surface area (Å²) in [6, 6.07) is 0. The van der Waals surface area contributed by atoms with Gasteiger partial charge in [-0.1, -0.05) is 0 Å². The number of hydrogen-bond donors (Lipinski definition) is 2. The zero-order chi connectivity index (χ0) is 13.0. The van der Waals surface area contributed by atoms with Gasteiger partial charge >= 0.3 is 11.8 Å². The van der Waals surface area contributed by atoms with E-state index in [-0.39, 0.29) is 11.3 Å². The summed E-state index contributed by atoms with van der Waals surface area (Å²) in [5, 5.41) is 7.98. The third kappa shape index (κ3) is 1.62. The second-order valence-electron chi connectivity index (χ2n) is 6.58. The third-order valence-electron chi connectivity index (χ3n) is 5.24. The molecule has 1 aromatic rings. The normalized spacial score (nSPS) is 39.5. The van der Waals surface area contributed by atoms with Gasteiger partial charge in [-0.25, -0.2) is 5.84 Å². The number of carbonyl (C=O) groups excluding carboxylic acids is 1. The molecule has 4 aliphatic carbocycles. The van der Waals surface area contributed by atoms with Crippen molar-refractivity contribution in [2.24, 2.45) is 23.6 Å². The van der Waals surface area contributed by atoms with E-state index in [0.717, 1.165) is 37.0 Å². The van der Waals surface area contributed by atoms with Gasteiger partial charge < -0.3 is 4.42 Å². The highest BCUT2D eigenvalue weighted by molar-refractivity contribution is 5.88. The topological polar surface area (TPSA) is 94.0 Å². The molecule has 4 saturated carbocycles. The number of rotatable bonds is 2. The monoisotopic (exact) mass is 262 g/mol. The van der Waals surface area contributed by atoms with E-state index in [2.05, 4.69) is 10.2 Å². The van der Waals surface area contributed by atoms with Gasteiger partial charge in [-0.3, -0.25) is 10.2 Å². The molecule has 0 atom stereocenters. The van der Waals surface area contributed by atoms with Crippen LogP contribution < -0.4 is 11.3 Å². The molecule has 3 N–H and O–H groups in total. The van der Waals surface area contributed by atoms with Crippen LogP contribution in [0.3, 0.4) is 0 Å². The molecule has 0 radical (unpaired) electrons. The van der Waals surface area contributed by atoms with Gasteiger partial charge in [0.05, 0.1) is 0 Å². The molecule has 4 aliphatic rings. The molecule has 6 heteroatoms. The summed E-state index contributed by atoms with van der Waals surface area (Å²) >= 11 is 0. The molecule has 0 unspecified atom stereocenters. The minimum Gasteiger partial charge on any atom is -0.416 e.